The van der Waals surface area contributed by atoms with Gasteiger partial charge in [-0.15, -0.1) is 0 Å². The fourth-order valence-electron chi connectivity index (χ4n) is 1.45. The molecule has 0 aliphatic carbocycles. The average molecular weight is 273 g/mol. The lowest BCUT2D eigenvalue weighted by Gasteiger charge is -2.09. The van der Waals surface area contributed by atoms with Gasteiger partial charge in [-0.2, -0.15) is 0 Å². The Morgan fingerprint density at radius 3 is 2.78 bits per heavy atom. The molecule has 0 aliphatic heterocycles. The Balaban J connectivity index is 2.62. The van der Waals surface area contributed by atoms with E-state index < -0.39 is 10.0 Å². The van der Waals surface area contributed by atoms with E-state index in [1.165, 1.54) is 0 Å². The first-order chi connectivity index (χ1) is 8.57. The highest BCUT2D eigenvalue weighted by Crippen LogP contribution is 2.18. The van der Waals surface area contributed by atoms with Crippen LogP contribution in [0.5, 0.6) is 5.75 Å². The van der Waals surface area contributed by atoms with Crippen molar-refractivity contribution in [2.45, 2.75) is 19.8 Å². The summed E-state index contributed by atoms with van der Waals surface area (Å²) in [6, 6.07) is 6.82. The summed E-state index contributed by atoms with van der Waals surface area (Å²) in [5.41, 5.74) is 0.491. The van der Waals surface area contributed by atoms with E-state index in [1.807, 2.05) is 6.92 Å². The van der Waals surface area contributed by atoms with Gasteiger partial charge in [-0.25, -0.2) is 8.42 Å². The summed E-state index contributed by atoms with van der Waals surface area (Å²) in [5, 5.41) is 8.62. The van der Waals surface area contributed by atoms with Gasteiger partial charge in [-0.3, -0.25) is 4.72 Å². The van der Waals surface area contributed by atoms with Gasteiger partial charge in [0, 0.05) is 12.7 Å². The fraction of sp³-hybridized carbons (Fsp3) is 0.500. The molecule has 0 radical (unpaired) electrons. The van der Waals surface area contributed by atoms with E-state index in [4.69, 9.17) is 9.84 Å². The number of hydrogen-bond acceptors (Lipinski definition) is 4. The summed E-state index contributed by atoms with van der Waals surface area (Å²) in [6.45, 7) is 2.41. The predicted molar refractivity (Wildman–Crippen MR) is 71.3 cm³/mol. The lowest BCUT2D eigenvalue weighted by Crippen LogP contribution is -2.16. The van der Waals surface area contributed by atoms with E-state index in [9.17, 15) is 8.42 Å². The summed E-state index contributed by atoms with van der Waals surface area (Å²) in [4.78, 5) is 0. The summed E-state index contributed by atoms with van der Waals surface area (Å²) in [5.74, 6) is 0.639. The van der Waals surface area contributed by atoms with Crippen LogP contribution in [0.3, 0.4) is 0 Å². The molecule has 2 N–H and O–H groups in total. The van der Waals surface area contributed by atoms with Gasteiger partial charge in [-0.05, 0) is 31.9 Å². The number of benzene rings is 1. The molecule has 0 atom stereocenters. The van der Waals surface area contributed by atoms with Crippen molar-refractivity contribution in [2.75, 3.05) is 23.7 Å². The van der Waals surface area contributed by atoms with Crippen LogP contribution < -0.4 is 9.46 Å². The van der Waals surface area contributed by atoms with Crippen molar-refractivity contribution >= 4 is 15.7 Å². The molecule has 5 nitrogen and oxygen atoms in total. The minimum absolute atomic E-state index is 0.00637. The normalized spacial score (nSPS) is 11.2. The van der Waals surface area contributed by atoms with Crippen LogP contribution in [0.4, 0.5) is 5.69 Å². The molecular weight excluding hydrogens is 254 g/mol. The molecule has 0 heterocycles. The maximum absolute atomic E-state index is 11.7. The second-order valence-corrected chi connectivity index (χ2v) is 5.65. The summed E-state index contributed by atoms with van der Waals surface area (Å²) in [6.07, 6.45) is 0.927. The van der Waals surface area contributed by atoms with Crippen LogP contribution in [0.25, 0.3) is 0 Å². The SMILES string of the molecule is CCOc1cccc(NS(=O)(=O)CCCCO)c1. The maximum Gasteiger partial charge on any atom is 0.232 e. The zero-order valence-electron chi connectivity index (χ0n) is 10.4. The summed E-state index contributed by atoms with van der Waals surface area (Å²) >= 11 is 0. The number of sulfonamides is 1. The molecule has 18 heavy (non-hydrogen) atoms. The van der Waals surface area contributed by atoms with Crippen LogP contribution in [0.1, 0.15) is 19.8 Å². The number of anilines is 1. The summed E-state index contributed by atoms with van der Waals surface area (Å²) < 4.78 is 31.2. The van der Waals surface area contributed by atoms with Gasteiger partial charge >= 0.3 is 0 Å². The van der Waals surface area contributed by atoms with Crippen molar-refractivity contribution in [1.82, 2.24) is 0 Å². The first-order valence-corrected chi connectivity index (χ1v) is 7.57. The van der Waals surface area contributed by atoms with E-state index in [2.05, 4.69) is 4.72 Å². The predicted octanol–water partition coefficient (Wildman–Crippen LogP) is 1.60. The van der Waals surface area contributed by atoms with Crippen molar-refractivity contribution in [3.8, 4) is 5.75 Å². The number of nitrogens with one attached hydrogen (secondary N) is 1. The highest BCUT2D eigenvalue weighted by Gasteiger charge is 2.10. The highest BCUT2D eigenvalue weighted by atomic mass is 32.2. The van der Waals surface area contributed by atoms with Gasteiger partial charge in [0.2, 0.25) is 10.0 Å². The first-order valence-electron chi connectivity index (χ1n) is 5.91. The standard InChI is InChI=1S/C12H19NO4S/c1-2-17-12-7-5-6-11(10-12)13-18(15,16)9-4-3-8-14/h5-7,10,13-14H,2-4,8-9H2,1H3. The molecule has 0 spiro atoms. The average Bonchev–Trinajstić information content (AvgIpc) is 2.29. The molecule has 0 aromatic heterocycles. The molecule has 0 amide bonds. The molecule has 1 aromatic carbocycles. The molecule has 1 rings (SSSR count). The largest absolute Gasteiger partial charge is 0.494 e. The Kier molecular flexibility index (Phi) is 5.94. The number of rotatable bonds is 8. The topological polar surface area (TPSA) is 75.6 Å². The molecule has 0 fully saturated rings. The molecule has 1 aromatic rings. The smallest absolute Gasteiger partial charge is 0.232 e. The Hall–Kier alpha value is -1.27. The van der Waals surface area contributed by atoms with Crippen LogP contribution in [-0.4, -0.2) is 32.5 Å². The molecule has 6 heteroatoms. The van der Waals surface area contributed by atoms with E-state index in [0.29, 0.717) is 30.9 Å². The fourth-order valence-corrected chi connectivity index (χ4v) is 2.62. The van der Waals surface area contributed by atoms with Crippen LogP contribution in [-0.2, 0) is 10.0 Å². The Bertz CT molecular complexity index is 459. The van der Waals surface area contributed by atoms with Gasteiger partial charge in [0.05, 0.1) is 18.0 Å². The third-order valence-electron chi connectivity index (χ3n) is 2.24. The Labute approximate surface area is 108 Å². The van der Waals surface area contributed by atoms with Crippen LogP contribution in [0.15, 0.2) is 24.3 Å². The van der Waals surface area contributed by atoms with Crippen molar-refractivity contribution in [2.24, 2.45) is 0 Å². The lowest BCUT2D eigenvalue weighted by molar-refractivity contribution is 0.287. The number of aliphatic hydroxyl groups is 1. The van der Waals surface area contributed by atoms with Crippen LogP contribution >= 0.6 is 0 Å². The van der Waals surface area contributed by atoms with E-state index >= 15 is 0 Å². The molecule has 102 valence electrons. The lowest BCUT2D eigenvalue weighted by atomic mass is 10.3. The van der Waals surface area contributed by atoms with Crippen molar-refractivity contribution in [3.05, 3.63) is 24.3 Å². The Morgan fingerprint density at radius 2 is 2.11 bits per heavy atom. The van der Waals surface area contributed by atoms with E-state index in [-0.39, 0.29) is 12.4 Å². The van der Waals surface area contributed by atoms with Gasteiger partial charge in [0.25, 0.3) is 0 Å². The maximum atomic E-state index is 11.7. The van der Waals surface area contributed by atoms with E-state index in [0.717, 1.165) is 0 Å². The number of hydrogen-bond donors (Lipinski definition) is 2. The highest BCUT2D eigenvalue weighted by molar-refractivity contribution is 7.92. The van der Waals surface area contributed by atoms with Crippen molar-refractivity contribution in [1.29, 1.82) is 0 Å². The Morgan fingerprint density at radius 1 is 1.33 bits per heavy atom. The van der Waals surface area contributed by atoms with Gasteiger partial charge < -0.3 is 9.84 Å². The summed E-state index contributed by atoms with van der Waals surface area (Å²) in [7, 11) is -3.36. The molecule has 0 aliphatic rings. The molecule has 0 bridgehead atoms. The minimum Gasteiger partial charge on any atom is -0.494 e. The van der Waals surface area contributed by atoms with Crippen LogP contribution in [0.2, 0.25) is 0 Å². The molecule has 0 unspecified atom stereocenters. The minimum atomic E-state index is -3.36. The van der Waals surface area contributed by atoms with Crippen molar-refractivity contribution < 1.29 is 18.3 Å². The molecule has 0 saturated heterocycles. The second kappa shape index (κ2) is 7.23. The van der Waals surface area contributed by atoms with Gasteiger partial charge in [0.1, 0.15) is 5.75 Å². The molecule has 0 saturated carbocycles. The first kappa shape index (κ1) is 14.8. The number of aliphatic hydroxyl groups excluding tert-OH is 1. The number of unbranched alkanes of at least 4 members (excludes halogenated alkanes) is 1. The molecular formula is C12H19NO4S. The number of ether oxygens (including phenoxy) is 1. The van der Waals surface area contributed by atoms with Crippen molar-refractivity contribution in [3.63, 3.8) is 0 Å². The monoisotopic (exact) mass is 273 g/mol. The zero-order chi connectivity index (χ0) is 13.4. The van der Waals surface area contributed by atoms with Gasteiger partial charge in [-0.1, -0.05) is 6.07 Å². The quantitative estimate of drug-likeness (QED) is 0.705. The third kappa shape index (κ3) is 5.37. The van der Waals surface area contributed by atoms with E-state index in [1.54, 1.807) is 24.3 Å². The van der Waals surface area contributed by atoms with Gasteiger partial charge in [0.15, 0.2) is 0 Å². The second-order valence-electron chi connectivity index (χ2n) is 3.81. The van der Waals surface area contributed by atoms with Crippen LogP contribution in [0, 0.1) is 0 Å². The third-order valence-corrected chi connectivity index (χ3v) is 3.61. The zero-order valence-corrected chi connectivity index (χ0v) is 11.2.